The van der Waals surface area contributed by atoms with Crippen LogP contribution in [0, 0.1) is 5.92 Å². The lowest BCUT2D eigenvalue weighted by Crippen LogP contribution is -2.41. The number of alkyl halides is 4. The number of benzene rings is 13. The third-order valence-corrected chi connectivity index (χ3v) is 28.2. The number of halogens is 8. The van der Waals surface area contributed by atoms with Crippen molar-refractivity contribution in [2.24, 2.45) is 5.92 Å². The van der Waals surface area contributed by atoms with Gasteiger partial charge in [-0.1, -0.05) is 288 Å². The molecule has 3 saturated heterocycles. The molecule has 0 bridgehead atoms. The molecule has 3 fully saturated rings. The Bertz CT molecular complexity index is 6740. The summed E-state index contributed by atoms with van der Waals surface area (Å²) in [6.07, 6.45) is 3.42. The number of methoxy groups -OCH3 is 2. The van der Waals surface area contributed by atoms with Gasteiger partial charge in [-0.25, -0.2) is 9.59 Å². The fourth-order valence-electron chi connectivity index (χ4n) is 15.4. The number of ether oxygens (including phenoxy) is 7. The molecule has 20 nitrogen and oxygen atoms in total. The van der Waals surface area contributed by atoms with E-state index in [1.165, 1.54) is 84.6 Å². The van der Waals surface area contributed by atoms with Gasteiger partial charge in [0.05, 0.1) is 53.4 Å². The van der Waals surface area contributed by atoms with Gasteiger partial charge in [0.25, 0.3) is 0 Å². The molecule has 16 rings (SSSR count). The first-order valence-corrected chi connectivity index (χ1v) is 54.4. The van der Waals surface area contributed by atoms with Crippen molar-refractivity contribution >= 4 is 184 Å². The van der Waals surface area contributed by atoms with Crippen molar-refractivity contribution in [1.29, 1.82) is 0 Å². The molecular formula is C117H135B3Br5F3O20S. The molecule has 32 heteroatoms. The van der Waals surface area contributed by atoms with Crippen LogP contribution < -0.4 is 28.6 Å². The lowest BCUT2D eigenvalue weighted by molar-refractivity contribution is -0.158. The Balaban J connectivity index is 0.000000196. The van der Waals surface area contributed by atoms with Crippen molar-refractivity contribution in [3.8, 4) is 28.7 Å². The van der Waals surface area contributed by atoms with Crippen molar-refractivity contribution in [1.82, 2.24) is 0 Å². The maximum Gasteiger partial charge on any atom is 0.534 e. The SMILES string of the molecule is Brc1cccc2ccccc12.CC(C)(C)OC(=O)CBr.CC(C)(C)OC(=O)COc1ccc(B2OC(C)(C)C(C)(C)O2)cc1Cc1cccc2ccccc12.CC(C)(C)OC(=O)COc1ccc(Br)cc1Cc1cccc2ccccc12.CC(C)Cc1ccccc1OS(=O)(=O)C(F)(F)F.CC1(C)OB(B2OC(C)(C)C(C)(C)O2)OC1(C)C.COc1ccc(Br)cc1C=O.COc1ccc(Br)cc1Cc1cccc2ccccc12. The van der Waals surface area contributed by atoms with Crippen LogP contribution in [-0.2, 0) is 92.3 Å². The summed E-state index contributed by atoms with van der Waals surface area (Å²) in [4.78, 5) is 45.3. The summed E-state index contributed by atoms with van der Waals surface area (Å²) in [6.45, 7) is 44.4. The number of carbonyl (C=O) groups is 4. The molecule has 0 amide bonds. The van der Waals surface area contributed by atoms with Crippen molar-refractivity contribution in [2.45, 2.75) is 241 Å². The Hall–Kier alpha value is -9.93. The fraction of sp³-hybridized carbons (Fsp3) is 0.368. The number of fused-ring (bicyclic) bond motifs is 4. The van der Waals surface area contributed by atoms with Crippen LogP contribution in [0.1, 0.15) is 209 Å². The van der Waals surface area contributed by atoms with Gasteiger partial charge in [0.1, 0.15) is 50.9 Å². The molecule has 0 aromatic heterocycles. The topological polar surface area (TPSA) is 232 Å². The molecule has 149 heavy (non-hydrogen) atoms. The van der Waals surface area contributed by atoms with Gasteiger partial charge in [-0.05, 0) is 318 Å². The highest BCUT2D eigenvalue weighted by atomic mass is 79.9. The van der Waals surface area contributed by atoms with E-state index in [-0.39, 0.29) is 70.2 Å². The predicted molar refractivity (Wildman–Crippen MR) is 610 cm³/mol. The fourth-order valence-corrected chi connectivity index (χ4v) is 17.7. The minimum Gasteiger partial charge on any atom is -0.496 e. The predicted octanol–water partition coefficient (Wildman–Crippen LogP) is 29.5. The van der Waals surface area contributed by atoms with Gasteiger partial charge in [0, 0.05) is 37.2 Å². The molecule has 794 valence electrons. The van der Waals surface area contributed by atoms with E-state index in [0.717, 1.165) is 52.9 Å². The number of hydrogen-bond acceptors (Lipinski definition) is 20. The standard InChI is InChI=1S/C29H35BO5.C23H23BrO3.C18H15BrO.C12H24B2O4.C11H13F3O3S.C10H7Br.C8H7BrO2.C6H11BrO2/c1-27(2,3)33-26(31)19-32-25-16-15-23(30-34-28(4,5)29(6,7)35-30)18-22(25)17-21-13-10-12-20-11-8-9-14-24(20)21;1-23(2,3)27-22(25)15-26-21-12-11-19(24)14-18(21)13-17-9-6-8-16-7-4-5-10-20(16)17;1-20-18-10-9-16(19)12-15(18)11-14-7-4-6-13-5-2-3-8-17(13)14;1-9(2)10(3,4)16-13(15-9)14-17-11(5,6)12(7,8)18-14;1-8(2)7-9-5-3-4-6-10(9)17-18(15,16)11(12,13)14;11-10-7-3-5-8-4-1-2-6-9(8)10;1-11-8-3-2-7(9)4-6(8)5-10;1-6(2,3)9-5(8)4-7/h8-16,18H,17,19H2,1-7H3;4-12,14H,13,15H2,1-3H3;2-10,12H,11H2,1H3;1-8H3;3-6,8H,7H2,1-2H3;1-7H;2-5H,1H3;4H2,1-3H3. The van der Waals surface area contributed by atoms with Crippen LogP contribution in [-0.4, -0.2) is 142 Å². The molecule has 0 N–H and O–H groups in total. The second kappa shape index (κ2) is 53.1. The first kappa shape index (κ1) is 123. The minimum absolute atomic E-state index is 0.110. The Kier molecular flexibility index (Phi) is 43.7. The summed E-state index contributed by atoms with van der Waals surface area (Å²) in [5.41, 5.74) is -0.375. The molecule has 0 aliphatic carbocycles. The van der Waals surface area contributed by atoms with Crippen molar-refractivity contribution in [2.75, 3.05) is 32.8 Å². The van der Waals surface area contributed by atoms with Crippen LogP contribution in [0.15, 0.2) is 285 Å². The first-order valence-electron chi connectivity index (χ1n) is 48.7. The third-order valence-electron chi connectivity index (χ3n) is 24.6. The summed E-state index contributed by atoms with van der Waals surface area (Å²) >= 11 is 16.8. The molecule has 13 aromatic rings. The molecule has 13 aromatic carbocycles. The Morgan fingerprint density at radius 1 is 0.369 bits per heavy atom. The molecule has 3 aliphatic heterocycles. The van der Waals surface area contributed by atoms with E-state index in [4.69, 9.17) is 61.1 Å². The molecule has 0 saturated carbocycles. The van der Waals surface area contributed by atoms with Crippen LogP contribution in [0.2, 0.25) is 0 Å². The van der Waals surface area contributed by atoms with Gasteiger partial charge in [-0.15, -0.1) is 0 Å². The van der Waals surface area contributed by atoms with E-state index in [1.54, 1.807) is 31.4 Å². The third kappa shape index (κ3) is 36.4. The van der Waals surface area contributed by atoms with Gasteiger partial charge in [0.15, 0.2) is 19.5 Å². The number of para-hydroxylation sites is 1. The summed E-state index contributed by atoms with van der Waals surface area (Å²) in [5, 5.41) is 10.2. The Labute approximate surface area is 919 Å². The zero-order valence-corrected chi connectivity index (χ0v) is 98.1. The summed E-state index contributed by atoms with van der Waals surface area (Å²) in [5.74, 6) is 1.77. The van der Waals surface area contributed by atoms with E-state index in [0.29, 0.717) is 47.6 Å². The molecule has 0 unspecified atom stereocenters. The van der Waals surface area contributed by atoms with Gasteiger partial charge >= 0.3 is 54.7 Å². The molecule has 0 spiro atoms. The Morgan fingerprint density at radius 2 is 0.685 bits per heavy atom. The average molecular weight is 2380 g/mol. The lowest BCUT2D eigenvalue weighted by atomic mass is 9.49. The van der Waals surface area contributed by atoms with Gasteiger partial charge < -0.3 is 65.3 Å². The summed E-state index contributed by atoms with van der Waals surface area (Å²) < 4.78 is 141. The zero-order valence-electron chi connectivity index (χ0n) is 89.3. The van der Waals surface area contributed by atoms with Crippen molar-refractivity contribution < 1.29 is 106 Å². The molecule has 3 heterocycles. The van der Waals surface area contributed by atoms with Gasteiger partial charge in [-0.2, -0.15) is 21.6 Å². The second-order valence-corrected chi connectivity index (χ2v) is 47.7. The van der Waals surface area contributed by atoms with E-state index < -0.39 is 65.1 Å². The van der Waals surface area contributed by atoms with E-state index in [2.05, 4.69) is 229 Å². The number of hydrogen-bond donors (Lipinski definition) is 0. The monoisotopic (exact) mass is 2380 g/mol. The van der Waals surface area contributed by atoms with Crippen molar-refractivity contribution in [3.05, 3.63) is 329 Å². The number of aldehydes is 1. The van der Waals surface area contributed by atoms with Crippen molar-refractivity contribution in [3.63, 3.8) is 0 Å². The van der Waals surface area contributed by atoms with Crippen LogP contribution in [0.4, 0.5) is 13.2 Å². The molecule has 3 aliphatic rings. The summed E-state index contributed by atoms with van der Waals surface area (Å²) in [7, 11) is -3.79. The van der Waals surface area contributed by atoms with Crippen LogP contribution in [0.25, 0.3) is 43.1 Å². The van der Waals surface area contributed by atoms with Gasteiger partial charge in [0.2, 0.25) is 0 Å². The Morgan fingerprint density at radius 3 is 1.05 bits per heavy atom. The van der Waals surface area contributed by atoms with E-state index in [9.17, 15) is 40.8 Å². The number of esters is 3. The quantitative estimate of drug-likeness (QED) is 0.0117. The normalized spacial score (nSPS) is 15.0. The number of carbonyl (C=O) groups excluding carboxylic acids is 4. The maximum absolute atomic E-state index is 12.3. The highest BCUT2D eigenvalue weighted by Crippen LogP contribution is 2.45. The molecule has 0 radical (unpaired) electrons. The largest absolute Gasteiger partial charge is 0.534 e. The minimum atomic E-state index is -5.61. The lowest BCUT2D eigenvalue weighted by Gasteiger charge is -2.32. The highest BCUT2D eigenvalue weighted by Gasteiger charge is 2.64. The highest BCUT2D eigenvalue weighted by molar-refractivity contribution is 9.11. The second-order valence-electron chi connectivity index (χ2n) is 42.0. The van der Waals surface area contributed by atoms with Gasteiger partial charge in [-0.3, -0.25) is 9.59 Å². The smallest absolute Gasteiger partial charge is 0.496 e. The maximum atomic E-state index is 12.3. The molecular weight excluding hydrogens is 2250 g/mol. The van der Waals surface area contributed by atoms with E-state index in [1.807, 2.05) is 244 Å². The van der Waals surface area contributed by atoms with Crippen LogP contribution >= 0.6 is 79.6 Å². The summed E-state index contributed by atoms with van der Waals surface area (Å²) in [6, 6.07) is 87.7. The van der Waals surface area contributed by atoms with E-state index >= 15 is 0 Å². The first-order chi connectivity index (χ1) is 69.6. The molecule has 0 atom stereocenters. The van der Waals surface area contributed by atoms with Crippen LogP contribution in [0.5, 0.6) is 28.7 Å². The van der Waals surface area contributed by atoms with Crippen LogP contribution in [0.3, 0.4) is 0 Å². The average Bonchev–Trinajstić information content (AvgIpc) is 1.78. The zero-order chi connectivity index (χ0) is 110. The number of rotatable bonds is 22.